The van der Waals surface area contributed by atoms with Crippen LogP contribution < -0.4 is 9.47 Å². The molecule has 29 heavy (non-hydrogen) atoms. The number of fused-ring (bicyclic) bond motifs is 1. The van der Waals surface area contributed by atoms with Crippen LogP contribution in [-0.2, 0) is 9.59 Å². The van der Waals surface area contributed by atoms with E-state index in [0.717, 1.165) is 5.56 Å². The molecule has 2 aromatic carbocycles. The molecule has 2 amide bonds. The topological polar surface area (TPSA) is 59.1 Å². The van der Waals surface area contributed by atoms with E-state index in [4.69, 9.17) is 9.47 Å². The highest BCUT2D eigenvalue weighted by Gasteiger charge is 2.33. The Morgan fingerprint density at radius 2 is 1.59 bits per heavy atom. The quantitative estimate of drug-likeness (QED) is 0.748. The lowest BCUT2D eigenvalue weighted by Gasteiger charge is -2.36. The van der Waals surface area contributed by atoms with E-state index in [9.17, 15) is 14.0 Å². The molecule has 0 aliphatic carbocycles. The molecule has 0 radical (unpaired) electrons. The first-order valence-corrected chi connectivity index (χ1v) is 9.50. The van der Waals surface area contributed by atoms with E-state index in [0.29, 0.717) is 37.7 Å². The van der Waals surface area contributed by atoms with E-state index >= 15 is 0 Å². The van der Waals surface area contributed by atoms with Gasteiger partial charge in [0.2, 0.25) is 12.0 Å². The van der Waals surface area contributed by atoms with E-state index in [2.05, 4.69) is 0 Å². The largest absolute Gasteiger partial charge is 0.485 e. The van der Waals surface area contributed by atoms with Crippen LogP contribution in [0.15, 0.2) is 54.6 Å². The van der Waals surface area contributed by atoms with Crippen molar-refractivity contribution in [3.63, 3.8) is 0 Å². The Morgan fingerprint density at radius 1 is 0.931 bits per heavy atom. The third kappa shape index (κ3) is 4.39. The smallest absolute Gasteiger partial charge is 0.267 e. The Labute approximate surface area is 168 Å². The number of ether oxygens (including phenoxy) is 2. The SMILES string of the molecule is O=C(/C=C/c1ccc(F)cc1)N1CCN(C(=O)[C@H]2COc3ccccc3O2)CC1. The number of amides is 2. The highest BCUT2D eigenvalue weighted by atomic mass is 19.1. The maximum Gasteiger partial charge on any atom is 0.267 e. The Hall–Kier alpha value is -3.35. The number of hydrogen-bond donors (Lipinski definition) is 0. The van der Waals surface area contributed by atoms with Crippen molar-refractivity contribution in [1.29, 1.82) is 0 Å². The van der Waals surface area contributed by atoms with Gasteiger partial charge in [-0.3, -0.25) is 9.59 Å². The molecular formula is C22H21FN2O4. The van der Waals surface area contributed by atoms with E-state index in [-0.39, 0.29) is 24.2 Å². The van der Waals surface area contributed by atoms with Crippen molar-refractivity contribution < 1.29 is 23.5 Å². The molecular weight excluding hydrogens is 375 g/mol. The van der Waals surface area contributed by atoms with Gasteiger partial charge < -0.3 is 19.3 Å². The number of rotatable bonds is 3. The third-order valence-electron chi connectivity index (χ3n) is 4.98. The lowest BCUT2D eigenvalue weighted by molar-refractivity contribution is -0.145. The number of carbonyl (C=O) groups is 2. The van der Waals surface area contributed by atoms with Gasteiger partial charge in [-0.25, -0.2) is 4.39 Å². The second kappa shape index (κ2) is 8.34. The van der Waals surface area contributed by atoms with Gasteiger partial charge in [-0.1, -0.05) is 24.3 Å². The van der Waals surface area contributed by atoms with Crippen LogP contribution in [0.1, 0.15) is 5.56 Å². The summed E-state index contributed by atoms with van der Waals surface area (Å²) >= 11 is 0. The lowest BCUT2D eigenvalue weighted by atomic mass is 10.2. The molecule has 7 heteroatoms. The Bertz CT molecular complexity index is 921. The summed E-state index contributed by atoms with van der Waals surface area (Å²) in [6, 6.07) is 13.2. The predicted molar refractivity (Wildman–Crippen MR) is 105 cm³/mol. The summed E-state index contributed by atoms with van der Waals surface area (Å²) < 4.78 is 24.3. The molecule has 1 saturated heterocycles. The lowest BCUT2D eigenvalue weighted by Crippen LogP contribution is -2.54. The molecule has 4 rings (SSSR count). The molecule has 150 valence electrons. The van der Waals surface area contributed by atoms with Gasteiger partial charge in [0.15, 0.2) is 11.5 Å². The van der Waals surface area contributed by atoms with Crippen LogP contribution >= 0.6 is 0 Å². The summed E-state index contributed by atoms with van der Waals surface area (Å²) in [7, 11) is 0. The highest BCUT2D eigenvalue weighted by molar-refractivity contribution is 5.92. The first-order chi connectivity index (χ1) is 14.1. The summed E-state index contributed by atoms with van der Waals surface area (Å²) in [6.45, 7) is 1.95. The van der Waals surface area contributed by atoms with Gasteiger partial charge in [0.1, 0.15) is 12.4 Å². The normalized spacial score (nSPS) is 18.7. The molecule has 2 aromatic rings. The highest BCUT2D eigenvalue weighted by Crippen LogP contribution is 2.31. The molecule has 2 aliphatic heterocycles. The van der Waals surface area contributed by atoms with E-state index in [1.165, 1.54) is 18.2 Å². The summed E-state index contributed by atoms with van der Waals surface area (Å²) in [4.78, 5) is 28.5. The monoisotopic (exact) mass is 396 g/mol. The second-order valence-electron chi connectivity index (χ2n) is 6.90. The predicted octanol–water partition coefficient (Wildman–Crippen LogP) is 2.35. The van der Waals surface area contributed by atoms with Gasteiger partial charge in [0.05, 0.1) is 0 Å². The molecule has 2 heterocycles. The number of carbonyl (C=O) groups excluding carboxylic acids is 2. The van der Waals surface area contributed by atoms with Crippen LogP contribution in [0.2, 0.25) is 0 Å². The molecule has 0 N–H and O–H groups in total. The first kappa shape index (κ1) is 19.0. The molecule has 0 unspecified atom stereocenters. The molecule has 1 fully saturated rings. The average Bonchev–Trinajstić information content (AvgIpc) is 2.78. The average molecular weight is 396 g/mol. The number of para-hydroxylation sites is 2. The van der Waals surface area contributed by atoms with E-state index < -0.39 is 6.10 Å². The molecule has 0 aromatic heterocycles. The van der Waals surface area contributed by atoms with Gasteiger partial charge in [-0.2, -0.15) is 0 Å². The zero-order valence-corrected chi connectivity index (χ0v) is 15.8. The van der Waals surface area contributed by atoms with Gasteiger partial charge in [0, 0.05) is 32.3 Å². The minimum atomic E-state index is -0.675. The van der Waals surface area contributed by atoms with Gasteiger partial charge in [0.25, 0.3) is 5.91 Å². The molecule has 0 spiro atoms. The van der Waals surface area contributed by atoms with Crippen molar-refractivity contribution in [2.24, 2.45) is 0 Å². The third-order valence-corrected chi connectivity index (χ3v) is 4.98. The standard InChI is InChI=1S/C22H21FN2O4/c23-17-8-5-16(6-9-17)7-10-21(26)24-11-13-25(14-12-24)22(27)20-15-28-18-3-1-2-4-19(18)29-20/h1-10,20H,11-15H2/b10-7+/t20-/m1/s1. The van der Waals surface area contributed by atoms with Crippen LogP contribution in [-0.4, -0.2) is 60.5 Å². The molecule has 2 aliphatic rings. The summed E-state index contributed by atoms with van der Waals surface area (Å²) in [5.74, 6) is 0.628. The fourth-order valence-electron chi connectivity index (χ4n) is 3.34. The summed E-state index contributed by atoms with van der Waals surface area (Å²) in [6.07, 6.45) is 2.45. The molecule has 6 nitrogen and oxygen atoms in total. The number of halogens is 1. The Balaban J connectivity index is 1.29. The van der Waals surface area contributed by atoms with Crippen molar-refractivity contribution in [3.8, 4) is 11.5 Å². The zero-order chi connectivity index (χ0) is 20.2. The van der Waals surface area contributed by atoms with Crippen molar-refractivity contribution >= 4 is 17.9 Å². The maximum atomic E-state index is 12.9. The fraction of sp³-hybridized carbons (Fsp3) is 0.273. The molecule has 1 atom stereocenters. The van der Waals surface area contributed by atoms with Crippen molar-refractivity contribution in [3.05, 3.63) is 66.0 Å². The fourth-order valence-corrected chi connectivity index (χ4v) is 3.34. The second-order valence-corrected chi connectivity index (χ2v) is 6.90. The van der Waals surface area contributed by atoms with Crippen LogP contribution in [0.25, 0.3) is 6.08 Å². The maximum absolute atomic E-state index is 12.9. The van der Waals surface area contributed by atoms with Crippen molar-refractivity contribution in [2.45, 2.75) is 6.10 Å². The first-order valence-electron chi connectivity index (χ1n) is 9.50. The van der Waals surface area contributed by atoms with E-state index in [1.54, 1.807) is 40.1 Å². The van der Waals surface area contributed by atoms with Crippen LogP contribution in [0.3, 0.4) is 0 Å². The van der Waals surface area contributed by atoms with Gasteiger partial charge in [-0.15, -0.1) is 0 Å². The number of benzene rings is 2. The number of nitrogens with zero attached hydrogens (tertiary/aromatic N) is 2. The number of piperazine rings is 1. The molecule has 0 bridgehead atoms. The summed E-state index contributed by atoms with van der Waals surface area (Å²) in [5, 5.41) is 0. The van der Waals surface area contributed by atoms with Crippen LogP contribution in [0, 0.1) is 5.82 Å². The number of hydrogen-bond acceptors (Lipinski definition) is 4. The van der Waals surface area contributed by atoms with Crippen molar-refractivity contribution in [1.82, 2.24) is 9.80 Å². The Morgan fingerprint density at radius 3 is 2.31 bits per heavy atom. The Kier molecular flexibility index (Phi) is 5.46. The van der Waals surface area contributed by atoms with Gasteiger partial charge in [-0.05, 0) is 35.9 Å². The van der Waals surface area contributed by atoms with Crippen LogP contribution in [0.4, 0.5) is 4.39 Å². The minimum absolute atomic E-state index is 0.131. The van der Waals surface area contributed by atoms with Gasteiger partial charge >= 0.3 is 0 Å². The van der Waals surface area contributed by atoms with Crippen molar-refractivity contribution in [2.75, 3.05) is 32.8 Å². The molecule has 0 saturated carbocycles. The van der Waals surface area contributed by atoms with E-state index in [1.807, 2.05) is 12.1 Å². The zero-order valence-electron chi connectivity index (χ0n) is 15.8. The van der Waals surface area contributed by atoms with Crippen LogP contribution in [0.5, 0.6) is 11.5 Å². The minimum Gasteiger partial charge on any atom is -0.485 e. The summed E-state index contributed by atoms with van der Waals surface area (Å²) in [5.41, 5.74) is 0.753.